The molecule has 0 radical (unpaired) electrons. The molecule has 4 aromatic rings. The molecule has 7 heteroatoms. The van der Waals surface area contributed by atoms with Crippen LogP contribution in [0.15, 0.2) is 79.0 Å². The first-order valence-electron chi connectivity index (χ1n) is 11.1. The highest BCUT2D eigenvalue weighted by atomic mass is 16.5. The summed E-state index contributed by atoms with van der Waals surface area (Å²) in [6, 6.07) is 19.3. The van der Waals surface area contributed by atoms with Gasteiger partial charge in [-0.1, -0.05) is 42.5 Å². The van der Waals surface area contributed by atoms with Gasteiger partial charge in [-0.05, 0) is 54.0 Å². The standard InChI is InChI=1S/C28H27N3O4/c1-34-26-13-11-18(14-27(26)35-2)10-12-25(32)19-6-5-7-21(15-19)31-28(33)23(29)16-20-17-30-24-9-4-3-8-22(20)24/h3-15,17,23,30H,16,29H2,1-2H3,(H,31,33)/b12-10+. The van der Waals surface area contributed by atoms with Crippen molar-refractivity contribution in [2.45, 2.75) is 12.5 Å². The molecule has 7 nitrogen and oxygen atoms in total. The summed E-state index contributed by atoms with van der Waals surface area (Å²) in [7, 11) is 3.13. The predicted octanol–water partition coefficient (Wildman–Crippen LogP) is 4.59. The van der Waals surface area contributed by atoms with Crippen molar-refractivity contribution in [3.8, 4) is 11.5 Å². The van der Waals surface area contributed by atoms with Gasteiger partial charge in [-0.2, -0.15) is 0 Å². The fraction of sp³-hybridized carbons (Fsp3) is 0.143. The zero-order chi connectivity index (χ0) is 24.8. The summed E-state index contributed by atoms with van der Waals surface area (Å²) < 4.78 is 10.5. The number of hydrogen-bond donors (Lipinski definition) is 3. The molecule has 0 spiro atoms. The summed E-state index contributed by atoms with van der Waals surface area (Å²) in [5, 5.41) is 3.86. The minimum atomic E-state index is -0.737. The Balaban J connectivity index is 1.41. The first kappa shape index (κ1) is 23.8. The van der Waals surface area contributed by atoms with E-state index in [1.807, 2.05) is 36.5 Å². The lowest BCUT2D eigenvalue weighted by atomic mass is 10.0. The fourth-order valence-electron chi connectivity index (χ4n) is 3.84. The third-order valence-electron chi connectivity index (χ3n) is 5.70. The third-order valence-corrected chi connectivity index (χ3v) is 5.70. The number of nitrogens with two attached hydrogens (primary N) is 1. The van der Waals surface area contributed by atoms with Gasteiger partial charge in [0.05, 0.1) is 20.3 Å². The number of carbonyl (C=O) groups excluding carboxylic acids is 2. The summed E-state index contributed by atoms with van der Waals surface area (Å²) in [6.07, 6.45) is 5.45. The number of ketones is 1. The average molecular weight is 470 g/mol. The van der Waals surface area contributed by atoms with E-state index in [0.29, 0.717) is 29.2 Å². The molecule has 4 N–H and O–H groups in total. The van der Waals surface area contributed by atoms with E-state index < -0.39 is 6.04 Å². The Kier molecular flexibility index (Phi) is 7.28. The molecule has 0 aliphatic rings. The van der Waals surface area contributed by atoms with Crippen LogP contribution in [0.3, 0.4) is 0 Å². The summed E-state index contributed by atoms with van der Waals surface area (Å²) in [5.41, 5.74) is 9.91. The summed E-state index contributed by atoms with van der Waals surface area (Å²) >= 11 is 0. The number of para-hydroxylation sites is 1. The molecule has 0 aliphatic heterocycles. The van der Waals surface area contributed by atoms with Crippen LogP contribution in [0.4, 0.5) is 5.69 Å². The monoisotopic (exact) mass is 469 g/mol. The molecule has 3 aromatic carbocycles. The predicted molar refractivity (Wildman–Crippen MR) is 138 cm³/mol. The van der Waals surface area contributed by atoms with Crippen LogP contribution in [-0.2, 0) is 11.2 Å². The van der Waals surface area contributed by atoms with Gasteiger partial charge in [0.25, 0.3) is 0 Å². The number of H-pyrrole nitrogens is 1. The highest BCUT2D eigenvalue weighted by Crippen LogP contribution is 2.28. The number of rotatable bonds is 9. The van der Waals surface area contributed by atoms with Gasteiger partial charge < -0.3 is 25.5 Å². The maximum Gasteiger partial charge on any atom is 0.241 e. The number of hydrogen-bond acceptors (Lipinski definition) is 5. The van der Waals surface area contributed by atoms with Crippen molar-refractivity contribution in [2.24, 2.45) is 5.73 Å². The maximum absolute atomic E-state index is 12.7. The Morgan fingerprint density at radius 1 is 1.00 bits per heavy atom. The normalized spacial score (nSPS) is 12.0. The van der Waals surface area contributed by atoms with Gasteiger partial charge in [-0.3, -0.25) is 9.59 Å². The lowest BCUT2D eigenvalue weighted by molar-refractivity contribution is -0.117. The Labute approximate surface area is 203 Å². The molecule has 0 aliphatic carbocycles. The molecule has 0 fully saturated rings. The van der Waals surface area contributed by atoms with Gasteiger partial charge in [0.15, 0.2) is 17.3 Å². The van der Waals surface area contributed by atoms with E-state index in [0.717, 1.165) is 22.0 Å². The number of aromatic amines is 1. The average Bonchev–Trinajstić information content (AvgIpc) is 3.29. The van der Waals surface area contributed by atoms with E-state index in [4.69, 9.17) is 15.2 Å². The van der Waals surface area contributed by atoms with Crippen LogP contribution in [-0.4, -0.2) is 36.9 Å². The minimum absolute atomic E-state index is 0.195. The number of fused-ring (bicyclic) bond motifs is 1. The first-order chi connectivity index (χ1) is 17.0. The molecule has 1 amide bonds. The SMILES string of the molecule is COc1ccc(/C=C/C(=O)c2cccc(NC(=O)C(N)Cc3c[nH]c4ccccc34)c2)cc1OC. The second-order valence-electron chi connectivity index (χ2n) is 8.05. The van der Waals surface area contributed by atoms with Crippen LogP contribution in [0.1, 0.15) is 21.5 Å². The van der Waals surface area contributed by atoms with Crippen molar-refractivity contribution in [1.29, 1.82) is 0 Å². The molecule has 1 aromatic heterocycles. The van der Waals surface area contributed by atoms with Gasteiger partial charge in [0.1, 0.15) is 0 Å². The van der Waals surface area contributed by atoms with E-state index in [-0.39, 0.29) is 11.7 Å². The number of amides is 1. The molecular weight excluding hydrogens is 442 g/mol. The number of ether oxygens (including phenoxy) is 2. The second-order valence-corrected chi connectivity index (χ2v) is 8.05. The number of benzene rings is 3. The molecule has 1 atom stereocenters. The van der Waals surface area contributed by atoms with Gasteiger partial charge in [-0.25, -0.2) is 0 Å². The fourth-order valence-corrected chi connectivity index (χ4v) is 3.84. The molecule has 0 saturated heterocycles. The van der Waals surface area contributed by atoms with Gasteiger partial charge in [0.2, 0.25) is 5.91 Å². The molecule has 35 heavy (non-hydrogen) atoms. The summed E-state index contributed by atoms with van der Waals surface area (Å²) in [5.74, 6) is 0.679. The molecule has 4 rings (SSSR count). The van der Waals surface area contributed by atoms with Crippen LogP contribution in [0.5, 0.6) is 11.5 Å². The number of carbonyl (C=O) groups is 2. The summed E-state index contributed by atoms with van der Waals surface area (Å²) in [6.45, 7) is 0. The lowest BCUT2D eigenvalue weighted by Crippen LogP contribution is -2.37. The maximum atomic E-state index is 12.7. The smallest absolute Gasteiger partial charge is 0.241 e. The molecule has 0 bridgehead atoms. The quantitative estimate of drug-likeness (QED) is 0.246. The third kappa shape index (κ3) is 5.59. The number of aromatic nitrogens is 1. The van der Waals surface area contributed by atoms with Crippen LogP contribution >= 0.6 is 0 Å². The van der Waals surface area contributed by atoms with Crippen molar-refractivity contribution >= 4 is 34.4 Å². The zero-order valence-corrected chi connectivity index (χ0v) is 19.6. The van der Waals surface area contributed by atoms with Crippen LogP contribution in [0.2, 0.25) is 0 Å². The van der Waals surface area contributed by atoms with Crippen LogP contribution in [0, 0.1) is 0 Å². The van der Waals surface area contributed by atoms with E-state index in [2.05, 4.69) is 10.3 Å². The number of methoxy groups -OCH3 is 2. The topological polar surface area (TPSA) is 106 Å². The minimum Gasteiger partial charge on any atom is -0.493 e. The molecule has 1 heterocycles. The van der Waals surface area contributed by atoms with Gasteiger partial charge >= 0.3 is 0 Å². The molecule has 178 valence electrons. The van der Waals surface area contributed by atoms with E-state index >= 15 is 0 Å². The second kappa shape index (κ2) is 10.7. The van der Waals surface area contributed by atoms with Gasteiger partial charge in [0, 0.05) is 28.4 Å². The Bertz CT molecular complexity index is 1390. The molecular formula is C28H27N3O4. The van der Waals surface area contributed by atoms with E-state index in [1.165, 1.54) is 6.08 Å². The zero-order valence-electron chi connectivity index (χ0n) is 19.6. The highest BCUT2D eigenvalue weighted by molar-refractivity contribution is 6.08. The Morgan fingerprint density at radius 2 is 1.80 bits per heavy atom. The number of anilines is 1. The first-order valence-corrected chi connectivity index (χ1v) is 11.1. The highest BCUT2D eigenvalue weighted by Gasteiger charge is 2.17. The number of nitrogens with one attached hydrogen (secondary N) is 2. The van der Waals surface area contributed by atoms with Crippen molar-refractivity contribution in [2.75, 3.05) is 19.5 Å². The Morgan fingerprint density at radius 3 is 2.60 bits per heavy atom. The van der Waals surface area contributed by atoms with Crippen molar-refractivity contribution in [3.63, 3.8) is 0 Å². The van der Waals surface area contributed by atoms with Crippen molar-refractivity contribution < 1.29 is 19.1 Å². The van der Waals surface area contributed by atoms with Crippen LogP contribution < -0.4 is 20.5 Å². The van der Waals surface area contributed by atoms with Crippen molar-refractivity contribution in [3.05, 3.63) is 95.7 Å². The van der Waals surface area contributed by atoms with E-state index in [1.54, 1.807) is 56.7 Å². The molecule has 1 unspecified atom stereocenters. The van der Waals surface area contributed by atoms with Gasteiger partial charge in [-0.15, -0.1) is 0 Å². The summed E-state index contributed by atoms with van der Waals surface area (Å²) in [4.78, 5) is 28.6. The largest absolute Gasteiger partial charge is 0.493 e. The molecule has 0 saturated carbocycles. The van der Waals surface area contributed by atoms with E-state index in [9.17, 15) is 9.59 Å². The van der Waals surface area contributed by atoms with Crippen molar-refractivity contribution in [1.82, 2.24) is 4.98 Å². The van der Waals surface area contributed by atoms with Crippen LogP contribution in [0.25, 0.3) is 17.0 Å². The Hall–Kier alpha value is -4.36. The lowest BCUT2D eigenvalue weighted by Gasteiger charge is -2.12. The number of allylic oxidation sites excluding steroid dienone is 1.